The van der Waals surface area contributed by atoms with Crippen molar-refractivity contribution in [2.75, 3.05) is 6.61 Å². The lowest BCUT2D eigenvalue weighted by Crippen LogP contribution is -2.13. The minimum atomic E-state index is -0.718. The number of halogens is 2. The van der Waals surface area contributed by atoms with Gasteiger partial charge in [0, 0.05) is 19.2 Å². The Morgan fingerprint density at radius 2 is 2.00 bits per heavy atom. The van der Waals surface area contributed by atoms with Crippen LogP contribution in [-0.2, 0) is 22.5 Å². The Kier molecular flexibility index (Phi) is 7.03. The molecule has 7 heteroatoms. The van der Waals surface area contributed by atoms with Crippen LogP contribution < -0.4 is 0 Å². The zero-order valence-electron chi connectivity index (χ0n) is 18.1. The fraction of sp³-hybridized carbons (Fsp3) is 0.333. The Balaban J connectivity index is 2.05. The second-order valence-electron chi connectivity index (χ2n) is 7.47. The summed E-state index contributed by atoms with van der Waals surface area (Å²) in [6.45, 7) is 7.85. The fourth-order valence-electron chi connectivity index (χ4n) is 3.43. The Bertz CT molecular complexity index is 1140. The minimum absolute atomic E-state index is 0.0499. The lowest BCUT2D eigenvalue weighted by molar-refractivity contribution is 0.0761. The highest BCUT2D eigenvalue weighted by Crippen LogP contribution is 2.32. The molecular formula is C24H25F2N3O2. The SMILES string of the molecule is CCOC(C)Cc1c(-c2c(F)cc(CO/C=C(\C)C#N)cc2F)nc2cc(C)ccn12. The number of aromatic nitrogens is 2. The molecule has 3 aromatic rings. The Morgan fingerprint density at radius 3 is 2.65 bits per heavy atom. The summed E-state index contributed by atoms with van der Waals surface area (Å²) in [5.41, 5.74) is 3.09. The van der Waals surface area contributed by atoms with Crippen LogP contribution in [0.1, 0.15) is 37.6 Å². The van der Waals surface area contributed by atoms with Crippen LogP contribution in [0.5, 0.6) is 0 Å². The average molecular weight is 425 g/mol. The number of hydrogen-bond donors (Lipinski definition) is 0. The van der Waals surface area contributed by atoms with Crippen molar-refractivity contribution in [2.45, 2.75) is 46.8 Å². The van der Waals surface area contributed by atoms with E-state index in [0.29, 0.717) is 35.5 Å². The maximum absolute atomic E-state index is 15.1. The van der Waals surface area contributed by atoms with Crippen LogP contribution in [0.2, 0.25) is 0 Å². The number of nitrogens with zero attached hydrogens (tertiary/aromatic N) is 3. The zero-order valence-corrected chi connectivity index (χ0v) is 18.1. The average Bonchev–Trinajstić information content (AvgIpc) is 3.04. The molecule has 1 aromatic carbocycles. The van der Waals surface area contributed by atoms with Gasteiger partial charge < -0.3 is 13.9 Å². The van der Waals surface area contributed by atoms with E-state index in [2.05, 4.69) is 4.98 Å². The molecule has 0 bridgehead atoms. The van der Waals surface area contributed by atoms with Crippen molar-refractivity contribution in [3.05, 3.63) is 70.8 Å². The Labute approximate surface area is 180 Å². The normalized spacial score (nSPS) is 12.7. The molecule has 1 atom stereocenters. The number of aryl methyl sites for hydroxylation is 1. The number of allylic oxidation sites excluding steroid dienone is 1. The molecule has 0 N–H and O–H groups in total. The second kappa shape index (κ2) is 9.71. The van der Waals surface area contributed by atoms with Crippen LogP contribution in [0.25, 0.3) is 16.9 Å². The molecule has 162 valence electrons. The molecule has 0 fully saturated rings. The molecule has 0 spiro atoms. The van der Waals surface area contributed by atoms with Crippen molar-refractivity contribution in [1.29, 1.82) is 5.26 Å². The highest BCUT2D eigenvalue weighted by Gasteiger charge is 2.23. The van der Waals surface area contributed by atoms with E-state index < -0.39 is 11.6 Å². The number of nitriles is 1. The lowest BCUT2D eigenvalue weighted by Gasteiger charge is -2.14. The van der Waals surface area contributed by atoms with Crippen LogP contribution in [0, 0.1) is 29.9 Å². The van der Waals surface area contributed by atoms with Crippen molar-refractivity contribution in [3.63, 3.8) is 0 Å². The lowest BCUT2D eigenvalue weighted by atomic mass is 10.0. The predicted molar refractivity (Wildman–Crippen MR) is 114 cm³/mol. The van der Waals surface area contributed by atoms with Gasteiger partial charge in [-0.3, -0.25) is 0 Å². The summed E-state index contributed by atoms with van der Waals surface area (Å²) in [5.74, 6) is -1.44. The Morgan fingerprint density at radius 1 is 1.29 bits per heavy atom. The van der Waals surface area contributed by atoms with Gasteiger partial charge in [0.15, 0.2) is 0 Å². The van der Waals surface area contributed by atoms with Crippen LogP contribution >= 0.6 is 0 Å². The van der Waals surface area contributed by atoms with E-state index in [-0.39, 0.29) is 24.0 Å². The monoisotopic (exact) mass is 425 g/mol. The van der Waals surface area contributed by atoms with Crippen LogP contribution in [0.15, 0.2) is 42.3 Å². The van der Waals surface area contributed by atoms with Gasteiger partial charge in [-0.25, -0.2) is 13.8 Å². The van der Waals surface area contributed by atoms with Crippen LogP contribution in [0.3, 0.4) is 0 Å². The van der Waals surface area contributed by atoms with E-state index in [1.807, 2.05) is 49.6 Å². The summed E-state index contributed by atoms with van der Waals surface area (Å²) >= 11 is 0. The summed E-state index contributed by atoms with van der Waals surface area (Å²) in [7, 11) is 0. The van der Waals surface area contributed by atoms with Gasteiger partial charge in [-0.15, -0.1) is 0 Å². The van der Waals surface area contributed by atoms with Crippen molar-refractivity contribution >= 4 is 5.65 Å². The molecule has 0 aliphatic rings. The molecule has 3 rings (SSSR count). The van der Waals surface area contributed by atoms with E-state index in [9.17, 15) is 0 Å². The van der Waals surface area contributed by atoms with Crippen LogP contribution in [-0.4, -0.2) is 22.1 Å². The molecule has 0 amide bonds. The molecule has 0 radical (unpaired) electrons. The topological polar surface area (TPSA) is 59.5 Å². The smallest absolute Gasteiger partial charge is 0.137 e. The van der Waals surface area contributed by atoms with Gasteiger partial charge in [-0.05, 0) is 63.1 Å². The first-order valence-electron chi connectivity index (χ1n) is 10.1. The highest BCUT2D eigenvalue weighted by molar-refractivity contribution is 5.68. The van der Waals surface area contributed by atoms with E-state index in [1.165, 1.54) is 18.4 Å². The van der Waals surface area contributed by atoms with Crippen LogP contribution in [0.4, 0.5) is 8.78 Å². The van der Waals surface area contributed by atoms with Crippen molar-refractivity contribution in [1.82, 2.24) is 9.38 Å². The molecular weight excluding hydrogens is 400 g/mol. The summed E-state index contributed by atoms with van der Waals surface area (Å²) in [6.07, 6.45) is 3.44. The molecule has 0 saturated carbocycles. The van der Waals surface area contributed by atoms with Gasteiger partial charge in [0.25, 0.3) is 0 Å². The van der Waals surface area contributed by atoms with E-state index in [4.69, 9.17) is 14.7 Å². The number of pyridine rings is 1. The first-order chi connectivity index (χ1) is 14.8. The van der Waals surface area contributed by atoms with Gasteiger partial charge in [-0.1, -0.05) is 0 Å². The van der Waals surface area contributed by atoms with Gasteiger partial charge in [-0.2, -0.15) is 5.26 Å². The molecule has 0 saturated heterocycles. The number of rotatable bonds is 8. The summed E-state index contributed by atoms with van der Waals surface area (Å²) < 4.78 is 42.9. The second-order valence-corrected chi connectivity index (χ2v) is 7.47. The van der Waals surface area contributed by atoms with Gasteiger partial charge in [0.2, 0.25) is 0 Å². The summed E-state index contributed by atoms with van der Waals surface area (Å²) in [5, 5.41) is 8.75. The molecule has 31 heavy (non-hydrogen) atoms. The standard InChI is InChI=1S/C24H25F2N3O2/c1-5-31-17(4)9-21-24(28-22-8-15(2)6-7-29(21)22)23-19(25)10-18(11-20(23)26)14-30-13-16(3)12-27/h6-8,10-11,13,17H,5,9,14H2,1-4H3/b16-13+. The third-order valence-corrected chi connectivity index (χ3v) is 4.84. The third kappa shape index (κ3) is 5.09. The largest absolute Gasteiger partial charge is 0.495 e. The van der Waals surface area contributed by atoms with Gasteiger partial charge >= 0.3 is 0 Å². The molecule has 5 nitrogen and oxygen atoms in total. The fourth-order valence-corrected chi connectivity index (χ4v) is 3.43. The summed E-state index contributed by atoms with van der Waals surface area (Å²) in [4.78, 5) is 4.56. The van der Waals surface area contributed by atoms with E-state index in [0.717, 1.165) is 5.56 Å². The highest BCUT2D eigenvalue weighted by atomic mass is 19.1. The van der Waals surface area contributed by atoms with Gasteiger partial charge in [0.05, 0.1) is 41.0 Å². The van der Waals surface area contributed by atoms with Crippen molar-refractivity contribution in [3.8, 4) is 17.3 Å². The number of imidazole rings is 1. The maximum Gasteiger partial charge on any atom is 0.137 e. The predicted octanol–water partition coefficient (Wildman–Crippen LogP) is 5.50. The van der Waals surface area contributed by atoms with E-state index in [1.54, 1.807) is 6.92 Å². The molecule has 1 unspecified atom stereocenters. The Hall–Kier alpha value is -3.24. The number of fused-ring (bicyclic) bond motifs is 1. The van der Waals surface area contributed by atoms with E-state index >= 15 is 8.78 Å². The molecule has 0 aliphatic heterocycles. The number of benzene rings is 1. The van der Waals surface area contributed by atoms with Gasteiger partial charge in [0.1, 0.15) is 23.9 Å². The maximum atomic E-state index is 15.1. The number of hydrogen-bond acceptors (Lipinski definition) is 4. The zero-order chi connectivity index (χ0) is 22.5. The quantitative estimate of drug-likeness (QED) is 0.353. The summed E-state index contributed by atoms with van der Waals surface area (Å²) in [6, 6.07) is 8.19. The molecule has 2 aromatic heterocycles. The minimum Gasteiger partial charge on any atom is -0.495 e. The first-order valence-corrected chi connectivity index (χ1v) is 10.1. The number of ether oxygens (including phenoxy) is 2. The first kappa shape index (κ1) is 22.4. The molecule has 2 heterocycles. The van der Waals surface area contributed by atoms with Crippen molar-refractivity contribution in [2.24, 2.45) is 0 Å². The van der Waals surface area contributed by atoms with Crippen molar-refractivity contribution < 1.29 is 18.3 Å². The third-order valence-electron chi connectivity index (χ3n) is 4.84. The molecule has 0 aliphatic carbocycles.